The van der Waals surface area contributed by atoms with E-state index in [0.29, 0.717) is 13.1 Å². The largest absolute Gasteiger partial charge is 0.394 e. The second-order valence-corrected chi connectivity index (χ2v) is 5.89. The van der Waals surface area contributed by atoms with Crippen LogP contribution in [0.1, 0.15) is 22.4 Å². The third-order valence-corrected chi connectivity index (χ3v) is 4.07. The van der Waals surface area contributed by atoms with Crippen molar-refractivity contribution >= 4 is 5.82 Å². The van der Waals surface area contributed by atoms with E-state index in [9.17, 15) is 5.11 Å². The SMILES string of the molecule is Cc1nn(CCO)c(NCc2cnn(Cc3ccccc3)c2)c1C. The molecule has 0 aliphatic heterocycles. The zero-order valence-corrected chi connectivity index (χ0v) is 14.1. The number of aryl methyl sites for hydroxylation is 1. The molecule has 0 saturated heterocycles. The summed E-state index contributed by atoms with van der Waals surface area (Å²) in [6.07, 6.45) is 3.93. The van der Waals surface area contributed by atoms with Crippen LogP contribution in [-0.2, 0) is 19.6 Å². The molecular formula is C18H23N5O. The maximum absolute atomic E-state index is 9.17. The molecule has 0 radical (unpaired) electrons. The fraction of sp³-hybridized carbons (Fsp3) is 0.333. The Hall–Kier alpha value is -2.60. The summed E-state index contributed by atoms with van der Waals surface area (Å²) >= 11 is 0. The fourth-order valence-electron chi connectivity index (χ4n) is 2.69. The van der Waals surface area contributed by atoms with Crippen LogP contribution < -0.4 is 5.32 Å². The van der Waals surface area contributed by atoms with E-state index in [4.69, 9.17) is 0 Å². The molecule has 0 amide bonds. The first-order valence-corrected chi connectivity index (χ1v) is 8.11. The van der Waals surface area contributed by atoms with E-state index >= 15 is 0 Å². The third-order valence-electron chi connectivity index (χ3n) is 4.07. The standard InChI is InChI=1S/C18H23N5O/c1-14-15(2)21-23(8-9-24)18(14)19-10-17-11-20-22(13-17)12-16-6-4-3-5-7-16/h3-7,11,13,19,24H,8-10,12H2,1-2H3. The average Bonchev–Trinajstić information content (AvgIpc) is 3.13. The van der Waals surface area contributed by atoms with Gasteiger partial charge in [-0.15, -0.1) is 0 Å². The van der Waals surface area contributed by atoms with E-state index in [1.165, 1.54) is 5.56 Å². The van der Waals surface area contributed by atoms with Gasteiger partial charge in [0.05, 0.1) is 31.6 Å². The lowest BCUT2D eigenvalue weighted by molar-refractivity contribution is 0.270. The zero-order valence-electron chi connectivity index (χ0n) is 14.1. The predicted molar refractivity (Wildman–Crippen MR) is 93.9 cm³/mol. The molecule has 0 bridgehead atoms. The molecule has 24 heavy (non-hydrogen) atoms. The van der Waals surface area contributed by atoms with Gasteiger partial charge < -0.3 is 10.4 Å². The number of aliphatic hydroxyl groups is 1. The van der Waals surface area contributed by atoms with Crippen LogP contribution in [0.5, 0.6) is 0 Å². The zero-order chi connectivity index (χ0) is 16.9. The highest BCUT2D eigenvalue weighted by atomic mass is 16.3. The molecule has 3 rings (SSSR count). The molecule has 3 aromatic rings. The molecule has 0 spiro atoms. The van der Waals surface area contributed by atoms with Crippen molar-refractivity contribution in [2.24, 2.45) is 0 Å². The molecule has 6 heteroatoms. The van der Waals surface area contributed by atoms with Gasteiger partial charge in [0.25, 0.3) is 0 Å². The van der Waals surface area contributed by atoms with Gasteiger partial charge in [0.1, 0.15) is 5.82 Å². The Kier molecular flexibility index (Phi) is 4.96. The minimum atomic E-state index is 0.0737. The number of benzene rings is 1. The normalized spacial score (nSPS) is 11.0. The Morgan fingerprint density at radius 3 is 2.67 bits per heavy atom. The number of rotatable bonds is 7. The number of aliphatic hydroxyl groups excluding tert-OH is 1. The molecule has 0 aliphatic carbocycles. The number of nitrogens with one attached hydrogen (secondary N) is 1. The van der Waals surface area contributed by atoms with Crippen LogP contribution in [0.25, 0.3) is 0 Å². The van der Waals surface area contributed by atoms with Gasteiger partial charge in [-0.3, -0.25) is 4.68 Å². The fourth-order valence-corrected chi connectivity index (χ4v) is 2.69. The van der Waals surface area contributed by atoms with Crippen molar-refractivity contribution in [1.82, 2.24) is 19.6 Å². The van der Waals surface area contributed by atoms with Crippen LogP contribution in [0.15, 0.2) is 42.7 Å². The monoisotopic (exact) mass is 325 g/mol. The molecule has 0 aliphatic rings. The predicted octanol–water partition coefficient (Wildman–Crippen LogP) is 2.35. The molecule has 1 aromatic carbocycles. The van der Waals surface area contributed by atoms with Gasteiger partial charge >= 0.3 is 0 Å². The minimum Gasteiger partial charge on any atom is -0.394 e. The number of anilines is 1. The Balaban J connectivity index is 1.66. The van der Waals surface area contributed by atoms with Crippen molar-refractivity contribution in [3.63, 3.8) is 0 Å². The summed E-state index contributed by atoms with van der Waals surface area (Å²) in [5, 5.41) is 21.5. The van der Waals surface area contributed by atoms with Crippen molar-refractivity contribution in [1.29, 1.82) is 0 Å². The quantitative estimate of drug-likeness (QED) is 0.700. The van der Waals surface area contributed by atoms with Crippen LogP contribution in [0.3, 0.4) is 0 Å². The van der Waals surface area contributed by atoms with Crippen LogP contribution in [-0.4, -0.2) is 31.3 Å². The molecule has 0 saturated carbocycles. The van der Waals surface area contributed by atoms with Crippen molar-refractivity contribution in [2.75, 3.05) is 11.9 Å². The Morgan fingerprint density at radius 2 is 1.92 bits per heavy atom. The van der Waals surface area contributed by atoms with E-state index in [1.807, 2.05) is 47.6 Å². The molecule has 126 valence electrons. The lowest BCUT2D eigenvalue weighted by atomic mass is 10.2. The van der Waals surface area contributed by atoms with Gasteiger partial charge in [-0.2, -0.15) is 10.2 Å². The smallest absolute Gasteiger partial charge is 0.127 e. The Morgan fingerprint density at radius 1 is 1.12 bits per heavy atom. The minimum absolute atomic E-state index is 0.0737. The van der Waals surface area contributed by atoms with Crippen molar-refractivity contribution < 1.29 is 5.11 Å². The first kappa shape index (κ1) is 16.3. The van der Waals surface area contributed by atoms with Crippen molar-refractivity contribution in [3.8, 4) is 0 Å². The summed E-state index contributed by atoms with van der Waals surface area (Å²) in [7, 11) is 0. The van der Waals surface area contributed by atoms with Crippen LogP contribution >= 0.6 is 0 Å². The van der Waals surface area contributed by atoms with Crippen LogP contribution in [0.2, 0.25) is 0 Å². The topological polar surface area (TPSA) is 67.9 Å². The summed E-state index contributed by atoms with van der Waals surface area (Å²) < 4.78 is 3.76. The molecular weight excluding hydrogens is 302 g/mol. The highest BCUT2D eigenvalue weighted by molar-refractivity contribution is 5.47. The maximum Gasteiger partial charge on any atom is 0.127 e. The second kappa shape index (κ2) is 7.31. The van der Waals surface area contributed by atoms with Crippen molar-refractivity contribution in [2.45, 2.75) is 33.5 Å². The lowest BCUT2D eigenvalue weighted by Crippen LogP contribution is -2.10. The average molecular weight is 325 g/mol. The van der Waals surface area contributed by atoms with E-state index in [-0.39, 0.29) is 6.61 Å². The highest BCUT2D eigenvalue weighted by Gasteiger charge is 2.11. The van der Waals surface area contributed by atoms with E-state index in [0.717, 1.165) is 29.2 Å². The van der Waals surface area contributed by atoms with Gasteiger partial charge in [0.2, 0.25) is 0 Å². The van der Waals surface area contributed by atoms with E-state index in [1.54, 1.807) is 0 Å². The molecule has 2 aromatic heterocycles. The third kappa shape index (κ3) is 3.65. The van der Waals surface area contributed by atoms with Gasteiger partial charge in [-0.25, -0.2) is 4.68 Å². The highest BCUT2D eigenvalue weighted by Crippen LogP contribution is 2.19. The van der Waals surface area contributed by atoms with E-state index in [2.05, 4.69) is 33.8 Å². The molecule has 6 nitrogen and oxygen atoms in total. The molecule has 2 heterocycles. The molecule has 0 fully saturated rings. The molecule has 0 unspecified atom stereocenters. The summed E-state index contributed by atoms with van der Waals surface area (Å²) in [6, 6.07) is 10.3. The summed E-state index contributed by atoms with van der Waals surface area (Å²) in [4.78, 5) is 0. The first-order chi connectivity index (χ1) is 11.7. The van der Waals surface area contributed by atoms with Gasteiger partial charge in [-0.05, 0) is 19.4 Å². The summed E-state index contributed by atoms with van der Waals surface area (Å²) in [5.41, 5.74) is 4.43. The number of hydrogen-bond acceptors (Lipinski definition) is 4. The van der Waals surface area contributed by atoms with Gasteiger partial charge in [0, 0.05) is 23.9 Å². The lowest BCUT2D eigenvalue weighted by Gasteiger charge is -2.09. The maximum atomic E-state index is 9.17. The van der Waals surface area contributed by atoms with Crippen LogP contribution in [0, 0.1) is 13.8 Å². The number of hydrogen-bond donors (Lipinski definition) is 2. The molecule has 2 N–H and O–H groups in total. The van der Waals surface area contributed by atoms with Crippen LogP contribution in [0.4, 0.5) is 5.82 Å². The first-order valence-electron chi connectivity index (χ1n) is 8.11. The van der Waals surface area contributed by atoms with Gasteiger partial charge in [-0.1, -0.05) is 30.3 Å². The molecule has 0 atom stereocenters. The van der Waals surface area contributed by atoms with E-state index < -0.39 is 0 Å². The summed E-state index contributed by atoms with van der Waals surface area (Å²) in [5.74, 6) is 0.956. The Labute approximate surface area is 141 Å². The number of aromatic nitrogens is 4. The summed E-state index contributed by atoms with van der Waals surface area (Å²) in [6.45, 7) is 6.02. The van der Waals surface area contributed by atoms with Crippen molar-refractivity contribution in [3.05, 3.63) is 65.1 Å². The van der Waals surface area contributed by atoms with Gasteiger partial charge in [0.15, 0.2) is 0 Å². The Bertz CT molecular complexity index is 791. The number of nitrogens with zero attached hydrogens (tertiary/aromatic N) is 4. The second-order valence-electron chi connectivity index (χ2n) is 5.89.